The zero-order chi connectivity index (χ0) is 33.1. The summed E-state index contributed by atoms with van der Waals surface area (Å²) in [6, 6.07) is 7.77. The number of nitrogens with one attached hydrogen (secondary N) is 1. The molecule has 0 bridgehead atoms. The van der Waals surface area contributed by atoms with Crippen LogP contribution in [0.25, 0.3) is 22.2 Å². The molecule has 14 heteroatoms. The highest BCUT2D eigenvalue weighted by molar-refractivity contribution is 6.33. The average molecular weight is 659 g/mol. The maximum Gasteiger partial charge on any atom is 0.387 e. The molecule has 0 radical (unpaired) electrons. The average Bonchev–Trinajstić information content (AvgIpc) is 3.81. The van der Waals surface area contributed by atoms with Gasteiger partial charge in [-0.2, -0.15) is 8.78 Å². The van der Waals surface area contributed by atoms with Gasteiger partial charge in [-0.25, -0.2) is 13.8 Å². The van der Waals surface area contributed by atoms with Crippen molar-refractivity contribution in [2.24, 2.45) is 11.7 Å². The van der Waals surface area contributed by atoms with E-state index >= 15 is 0 Å². The van der Waals surface area contributed by atoms with Gasteiger partial charge in [0.15, 0.2) is 17.4 Å². The fraction of sp³-hybridized carbons (Fsp3) is 0.312. The lowest BCUT2D eigenvalue weighted by atomic mass is 9.81. The number of primary amides is 1. The van der Waals surface area contributed by atoms with Crippen LogP contribution in [0.3, 0.4) is 0 Å². The topological polar surface area (TPSA) is 137 Å². The second kappa shape index (κ2) is 11.4. The number of hydrogen-bond acceptors (Lipinski definition) is 7. The summed E-state index contributed by atoms with van der Waals surface area (Å²) in [5, 5.41) is 14.6. The minimum atomic E-state index is -3.16. The summed E-state index contributed by atoms with van der Waals surface area (Å²) in [7, 11) is 0. The Morgan fingerprint density at radius 2 is 1.98 bits per heavy atom. The van der Waals surface area contributed by atoms with Crippen LogP contribution >= 0.6 is 11.6 Å². The summed E-state index contributed by atoms with van der Waals surface area (Å²) in [5.41, 5.74) is 3.51. The summed E-state index contributed by atoms with van der Waals surface area (Å²) in [4.78, 5) is 34.8. The molecule has 0 saturated heterocycles. The molecule has 1 aliphatic carbocycles. The van der Waals surface area contributed by atoms with Gasteiger partial charge in [0.05, 0.1) is 17.3 Å². The Bertz CT molecular complexity index is 1920. The molecule has 2 aromatic carbocycles. The Morgan fingerprint density at radius 3 is 2.65 bits per heavy atom. The molecule has 1 aliphatic heterocycles. The van der Waals surface area contributed by atoms with Crippen molar-refractivity contribution in [3.05, 3.63) is 81.6 Å². The predicted molar refractivity (Wildman–Crippen MR) is 159 cm³/mol. The smallest absolute Gasteiger partial charge is 0.387 e. The van der Waals surface area contributed by atoms with E-state index < -0.39 is 58.6 Å². The van der Waals surface area contributed by atoms with Crippen molar-refractivity contribution in [1.82, 2.24) is 15.3 Å². The van der Waals surface area contributed by atoms with Crippen molar-refractivity contribution in [3.63, 3.8) is 0 Å². The minimum Gasteiger partial charge on any atom is -0.489 e. The molecule has 4 aromatic rings. The molecular weight excluding hydrogens is 632 g/mol. The maximum absolute atomic E-state index is 14.6. The van der Waals surface area contributed by atoms with Gasteiger partial charge in [0, 0.05) is 28.3 Å². The lowest BCUT2D eigenvalue weighted by Crippen LogP contribution is -2.44. The zero-order valence-corrected chi connectivity index (χ0v) is 25.2. The number of nitrogens with two attached hydrogens (primary N) is 1. The maximum atomic E-state index is 14.6. The highest BCUT2D eigenvalue weighted by atomic mass is 35.5. The van der Waals surface area contributed by atoms with Crippen LogP contribution in [0.1, 0.15) is 46.9 Å². The molecule has 1 unspecified atom stereocenters. The Morgan fingerprint density at radius 1 is 1.24 bits per heavy atom. The van der Waals surface area contributed by atoms with Gasteiger partial charge in [0.2, 0.25) is 5.91 Å². The van der Waals surface area contributed by atoms with Gasteiger partial charge in [-0.05, 0) is 74.6 Å². The molecule has 6 rings (SSSR count). The number of aryl methyl sites for hydroxylation is 1. The number of halogens is 5. The molecular formula is C32H27ClF4N4O5. The van der Waals surface area contributed by atoms with Crippen LogP contribution in [0.4, 0.5) is 17.6 Å². The number of ether oxygens (including phenoxy) is 2. The van der Waals surface area contributed by atoms with E-state index in [1.54, 1.807) is 13.0 Å². The first-order valence-electron chi connectivity index (χ1n) is 14.2. The number of nitrogens with zero attached hydrogens (tertiary/aromatic N) is 2. The Kier molecular flexibility index (Phi) is 7.80. The third-order valence-electron chi connectivity index (χ3n) is 8.48. The number of aliphatic hydroxyl groups is 1. The van der Waals surface area contributed by atoms with Crippen molar-refractivity contribution in [1.29, 1.82) is 0 Å². The summed E-state index contributed by atoms with van der Waals surface area (Å²) < 4.78 is 65.4. The molecule has 9 nitrogen and oxygen atoms in total. The van der Waals surface area contributed by atoms with Crippen LogP contribution in [-0.4, -0.2) is 46.7 Å². The van der Waals surface area contributed by atoms with Crippen molar-refractivity contribution in [2.45, 2.75) is 44.3 Å². The van der Waals surface area contributed by atoms with E-state index in [-0.39, 0.29) is 51.7 Å². The SMILES string of the molecule is Cc1cnc2c(OC(F)F)cc(C(=O)NCC(O)(c3cc4c(c(-c5ccc(F)c(F)c5Cl)n3)OC[C@]4(C)C(N)=O)C3CC3)cc2c1. The van der Waals surface area contributed by atoms with Crippen LogP contribution in [0.15, 0.2) is 42.6 Å². The van der Waals surface area contributed by atoms with E-state index in [0.29, 0.717) is 18.2 Å². The van der Waals surface area contributed by atoms with E-state index in [1.807, 2.05) is 0 Å². The number of pyridine rings is 2. The molecule has 2 amide bonds. The van der Waals surface area contributed by atoms with E-state index in [1.165, 1.54) is 31.3 Å². The lowest BCUT2D eigenvalue weighted by Gasteiger charge is -2.30. The molecule has 46 heavy (non-hydrogen) atoms. The van der Waals surface area contributed by atoms with Gasteiger partial charge >= 0.3 is 6.61 Å². The number of amides is 2. The number of hydrogen-bond donors (Lipinski definition) is 3. The summed E-state index contributed by atoms with van der Waals surface area (Å²) in [5.74, 6) is -4.59. The number of alkyl halides is 2. The summed E-state index contributed by atoms with van der Waals surface area (Å²) in [6.07, 6.45) is 2.60. The molecule has 240 valence electrons. The molecule has 4 N–H and O–H groups in total. The molecule has 2 aliphatic rings. The van der Waals surface area contributed by atoms with Crippen LogP contribution in [0.2, 0.25) is 5.02 Å². The fourth-order valence-electron chi connectivity index (χ4n) is 5.67. The van der Waals surface area contributed by atoms with Crippen LogP contribution < -0.4 is 20.5 Å². The summed E-state index contributed by atoms with van der Waals surface area (Å²) in [6.45, 7) is -0.453. The number of fused-ring (bicyclic) bond motifs is 2. The number of carbonyl (C=O) groups is 2. The molecule has 1 fully saturated rings. The van der Waals surface area contributed by atoms with Gasteiger partial charge in [0.25, 0.3) is 5.91 Å². The van der Waals surface area contributed by atoms with Gasteiger partial charge in [-0.3, -0.25) is 14.6 Å². The standard InChI is InChI=1S/C32H27ClF4N4O5/c1-14-7-15-8-16(9-21(46-30(36)37)25(15)39-11-14)28(42)40-12-32(44,17-3-4-17)22-10-19-27(45-13-31(19,2)29(38)43)26(41-22)18-5-6-20(34)24(35)23(18)33/h5-11,17,30,44H,3-4,12-13H2,1-2H3,(H2,38,43)(H,40,42)/t31-,32?/m0/s1. The van der Waals surface area contributed by atoms with Gasteiger partial charge < -0.3 is 25.6 Å². The highest BCUT2D eigenvalue weighted by Crippen LogP contribution is 2.50. The first-order chi connectivity index (χ1) is 21.7. The van der Waals surface area contributed by atoms with Crippen LogP contribution in [0, 0.1) is 24.5 Å². The largest absolute Gasteiger partial charge is 0.489 e. The second-order valence-electron chi connectivity index (χ2n) is 11.8. The fourth-order valence-corrected chi connectivity index (χ4v) is 5.91. The van der Waals surface area contributed by atoms with Crippen molar-refractivity contribution in [2.75, 3.05) is 13.2 Å². The third-order valence-corrected chi connectivity index (χ3v) is 8.85. The van der Waals surface area contributed by atoms with E-state index in [2.05, 4.69) is 20.0 Å². The normalized spacial score (nSPS) is 18.6. The minimum absolute atomic E-state index is 0.00267. The molecule has 2 aromatic heterocycles. The quantitative estimate of drug-likeness (QED) is 0.164. The van der Waals surface area contributed by atoms with Crippen molar-refractivity contribution < 1.29 is 41.7 Å². The second-order valence-corrected chi connectivity index (χ2v) is 12.1. The molecule has 3 heterocycles. The number of aromatic nitrogens is 2. The Hall–Kier alpha value is -4.49. The zero-order valence-electron chi connectivity index (χ0n) is 24.5. The number of rotatable bonds is 9. The van der Waals surface area contributed by atoms with E-state index in [0.717, 1.165) is 17.7 Å². The lowest BCUT2D eigenvalue weighted by molar-refractivity contribution is -0.123. The summed E-state index contributed by atoms with van der Waals surface area (Å²) >= 11 is 6.19. The van der Waals surface area contributed by atoms with Crippen molar-refractivity contribution in [3.8, 4) is 22.8 Å². The molecule has 0 spiro atoms. The first kappa shape index (κ1) is 31.5. The van der Waals surface area contributed by atoms with Gasteiger partial charge in [-0.1, -0.05) is 11.6 Å². The van der Waals surface area contributed by atoms with Crippen LogP contribution in [-0.2, 0) is 15.8 Å². The Labute approximate surface area is 264 Å². The first-order valence-corrected chi connectivity index (χ1v) is 14.6. The highest BCUT2D eigenvalue weighted by Gasteiger charge is 2.50. The monoisotopic (exact) mass is 658 g/mol. The molecule has 1 saturated carbocycles. The van der Waals surface area contributed by atoms with Crippen molar-refractivity contribution >= 4 is 34.3 Å². The molecule has 2 atom stereocenters. The van der Waals surface area contributed by atoms with E-state index in [4.69, 9.17) is 22.1 Å². The van der Waals surface area contributed by atoms with Gasteiger partial charge in [-0.15, -0.1) is 0 Å². The van der Waals surface area contributed by atoms with E-state index in [9.17, 15) is 32.3 Å². The number of carbonyl (C=O) groups excluding carboxylic acids is 2. The van der Waals surface area contributed by atoms with Crippen LogP contribution in [0.5, 0.6) is 11.5 Å². The van der Waals surface area contributed by atoms with Gasteiger partial charge in [0.1, 0.15) is 34.6 Å². The predicted octanol–water partition coefficient (Wildman–Crippen LogP) is 5.30. The number of benzene rings is 2. The third kappa shape index (κ3) is 5.36. The Balaban J connectivity index is 1.42.